The first kappa shape index (κ1) is 16.8. The Hall–Kier alpha value is -1.26. The van der Waals surface area contributed by atoms with Crippen LogP contribution in [-0.2, 0) is 11.3 Å². The highest BCUT2D eigenvalue weighted by Crippen LogP contribution is 2.10. The molecule has 1 rings (SSSR count). The number of carbonyl (C=O) groups excluding carboxylic acids is 1. The lowest BCUT2D eigenvalue weighted by molar-refractivity contribution is 0.104. The maximum Gasteiger partial charge on any atom is 0.407 e. The van der Waals surface area contributed by atoms with E-state index in [0.717, 1.165) is 5.56 Å². The Balaban J connectivity index is 2.45. The van der Waals surface area contributed by atoms with Crippen LogP contribution in [0.1, 0.15) is 25.8 Å². The summed E-state index contributed by atoms with van der Waals surface area (Å²) in [5.41, 5.74) is 0.918. The Morgan fingerprint density at radius 1 is 1.35 bits per heavy atom. The van der Waals surface area contributed by atoms with Crippen LogP contribution >= 0.6 is 11.6 Å². The minimum absolute atomic E-state index is 0.0797. The summed E-state index contributed by atoms with van der Waals surface area (Å²) in [6.45, 7) is 4.24. The van der Waals surface area contributed by atoms with Gasteiger partial charge >= 0.3 is 6.09 Å². The van der Waals surface area contributed by atoms with Gasteiger partial charge < -0.3 is 15.2 Å². The summed E-state index contributed by atoms with van der Waals surface area (Å²) in [7, 11) is 0. The summed E-state index contributed by atoms with van der Waals surface area (Å²) in [6, 6.07) is 9.04. The van der Waals surface area contributed by atoms with Gasteiger partial charge in [0.15, 0.2) is 0 Å². The maximum absolute atomic E-state index is 11.7. The highest BCUT2D eigenvalue weighted by Gasteiger charge is 2.22. The summed E-state index contributed by atoms with van der Waals surface area (Å²) in [5, 5.41) is 12.5. The van der Waals surface area contributed by atoms with Gasteiger partial charge in [0.25, 0.3) is 0 Å². The maximum atomic E-state index is 11.7. The van der Waals surface area contributed by atoms with Crippen molar-refractivity contribution >= 4 is 17.7 Å². The summed E-state index contributed by atoms with van der Waals surface area (Å²) in [6.07, 6.45) is -0.666. The van der Waals surface area contributed by atoms with E-state index in [4.69, 9.17) is 16.3 Å². The van der Waals surface area contributed by atoms with Gasteiger partial charge in [0.2, 0.25) is 0 Å². The molecule has 1 aromatic rings. The lowest BCUT2D eigenvalue weighted by Gasteiger charge is -2.24. The third-order valence-electron chi connectivity index (χ3n) is 2.86. The van der Waals surface area contributed by atoms with Gasteiger partial charge in [-0.05, 0) is 17.9 Å². The standard InChI is InChI=1S/C15H22ClNO3/c1-11(2)8-13(14(18)9-16)17-15(19)20-10-12-6-4-3-5-7-12/h3-7,11,13-14,18H,8-10H2,1-2H3,(H,17,19)/t13-,14?/m1/s1. The molecule has 0 aliphatic carbocycles. The molecule has 4 nitrogen and oxygen atoms in total. The lowest BCUT2D eigenvalue weighted by Crippen LogP contribution is -2.45. The van der Waals surface area contributed by atoms with Crippen LogP contribution in [0.5, 0.6) is 0 Å². The number of hydrogen-bond donors (Lipinski definition) is 2. The molecule has 0 aliphatic heterocycles. The first-order valence-electron chi connectivity index (χ1n) is 6.74. The van der Waals surface area contributed by atoms with Gasteiger partial charge in [0, 0.05) is 0 Å². The molecule has 0 heterocycles. The Labute approximate surface area is 125 Å². The number of aliphatic hydroxyl groups excluding tert-OH is 1. The lowest BCUT2D eigenvalue weighted by atomic mass is 10.0. The van der Waals surface area contributed by atoms with Crippen molar-refractivity contribution in [1.29, 1.82) is 0 Å². The molecule has 20 heavy (non-hydrogen) atoms. The molecule has 0 radical (unpaired) electrons. The van der Waals surface area contributed by atoms with Gasteiger partial charge in [0.05, 0.1) is 18.0 Å². The zero-order valence-corrected chi connectivity index (χ0v) is 12.6. The second-order valence-electron chi connectivity index (χ2n) is 5.16. The number of nitrogens with one attached hydrogen (secondary N) is 1. The molecule has 0 aliphatic rings. The molecule has 2 N–H and O–H groups in total. The number of alkyl halides is 1. The molecule has 1 aromatic carbocycles. The van der Waals surface area contributed by atoms with E-state index in [1.54, 1.807) is 0 Å². The molecule has 1 unspecified atom stereocenters. The molecule has 5 heteroatoms. The number of aliphatic hydroxyl groups is 1. The molecule has 0 saturated heterocycles. The fraction of sp³-hybridized carbons (Fsp3) is 0.533. The third-order valence-corrected chi connectivity index (χ3v) is 3.18. The van der Waals surface area contributed by atoms with Crippen LogP contribution in [0.2, 0.25) is 0 Å². The zero-order chi connectivity index (χ0) is 15.0. The quantitative estimate of drug-likeness (QED) is 0.761. The Kier molecular flexibility index (Phi) is 7.41. The van der Waals surface area contributed by atoms with Crippen molar-refractivity contribution in [1.82, 2.24) is 5.32 Å². The molecular weight excluding hydrogens is 278 g/mol. The predicted molar refractivity (Wildman–Crippen MR) is 79.7 cm³/mol. The first-order chi connectivity index (χ1) is 9.52. The smallest absolute Gasteiger partial charge is 0.407 e. The number of halogens is 1. The topological polar surface area (TPSA) is 58.6 Å². The van der Waals surface area contributed by atoms with E-state index in [1.165, 1.54) is 0 Å². The monoisotopic (exact) mass is 299 g/mol. The van der Waals surface area contributed by atoms with E-state index in [9.17, 15) is 9.90 Å². The van der Waals surface area contributed by atoms with E-state index < -0.39 is 18.2 Å². The fourth-order valence-electron chi connectivity index (χ4n) is 1.84. The van der Waals surface area contributed by atoms with Crippen molar-refractivity contribution in [2.45, 2.75) is 39.0 Å². The van der Waals surface area contributed by atoms with Crippen molar-refractivity contribution in [2.75, 3.05) is 5.88 Å². The third kappa shape index (κ3) is 6.26. The van der Waals surface area contributed by atoms with E-state index in [0.29, 0.717) is 12.3 Å². The van der Waals surface area contributed by atoms with Gasteiger partial charge in [-0.25, -0.2) is 4.79 Å². The number of amides is 1. The van der Waals surface area contributed by atoms with Gasteiger partial charge in [-0.15, -0.1) is 11.6 Å². The van der Waals surface area contributed by atoms with Crippen LogP contribution in [0, 0.1) is 5.92 Å². The first-order valence-corrected chi connectivity index (χ1v) is 7.27. The van der Waals surface area contributed by atoms with Crippen LogP contribution < -0.4 is 5.32 Å². The molecule has 0 aromatic heterocycles. The van der Waals surface area contributed by atoms with Crippen molar-refractivity contribution in [3.8, 4) is 0 Å². The zero-order valence-electron chi connectivity index (χ0n) is 11.9. The average molecular weight is 300 g/mol. The van der Waals surface area contributed by atoms with Crippen LogP contribution in [-0.4, -0.2) is 29.2 Å². The molecule has 1 amide bonds. The number of rotatable bonds is 7. The number of alkyl carbamates (subject to hydrolysis) is 1. The molecule has 0 saturated carbocycles. The Morgan fingerprint density at radius 3 is 2.55 bits per heavy atom. The van der Waals surface area contributed by atoms with Crippen molar-refractivity contribution in [3.05, 3.63) is 35.9 Å². The SMILES string of the molecule is CC(C)C[C@@H](NC(=O)OCc1ccccc1)C(O)CCl. The molecule has 0 fully saturated rings. The normalized spacial score (nSPS) is 13.8. The second-order valence-corrected chi connectivity index (χ2v) is 5.47. The predicted octanol–water partition coefficient (Wildman–Crippen LogP) is 2.93. The van der Waals surface area contributed by atoms with E-state index in [2.05, 4.69) is 5.32 Å². The van der Waals surface area contributed by atoms with Gasteiger partial charge in [-0.3, -0.25) is 0 Å². The highest BCUT2D eigenvalue weighted by atomic mass is 35.5. The summed E-state index contributed by atoms with van der Waals surface area (Å²) in [5.74, 6) is 0.420. The largest absolute Gasteiger partial charge is 0.445 e. The van der Waals surface area contributed by atoms with Gasteiger partial charge in [-0.1, -0.05) is 44.2 Å². The van der Waals surface area contributed by atoms with Crippen LogP contribution in [0.4, 0.5) is 4.79 Å². The van der Waals surface area contributed by atoms with Gasteiger partial charge in [0.1, 0.15) is 6.61 Å². The average Bonchev–Trinajstić information content (AvgIpc) is 2.44. The van der Waals surface area contributed by atoms with E-state index >= 15 is 0 Å². The van der Waals surface area contributed by atoms with Crippen LogP contribution in [0.15, 0.2) is 30.3 Å². The molecule has 2 atom stereocenters. The minimum Gasteiger partial charge on any atom is -0.445 e. The number of benzene rings is 1. The fourth-order valence-corrected chi connectivity index (χ4v) is 2.06. The van der Waals surface area contributed by atoms with Crippen molar-refractivity contribution < 1.29 is 14.6 Å². The summed E-state index contributed by atoms with van der Waals surface area (Å²) in [4.78, 5) is 11.7. The molecular formula is C15H22ClNO3. The second kappa shape index (κ2) is 8.82. The van der Waals surface area contributed by atoms with E-state index in [1.807, 2.05) is 44.2 Å². The minimum atomic E-state index is -0.775. The number of carbonyl (C=O) groups is 1. The van der Waals surface area contributed by atoms with Crippen LogP contribution in [0.3, 0.4) is 0 Å². The molecule has 0 spiro atoms. The van der Waals surface area contributed by atoms with Crippen LogP contribution in [0.25, 0.3) is 0 Å². The van der Waals surface area contributed by atoms with Crippen molar-refractivity contribution in [3.63, 3.8) is 0 Å². The van der Waals surface area contributed by atoms with Gasteiger partial charge in [-0.2, -0.15) is 0 Å². The summed E-state index contributed by atoms with van der Waals surface area (Å²) >= 11 is 5.64. The van der Waals surface area contributed by atoms with E-state index in [-0.39, 0.29) is 12.5 Å². The highest BCUT2D eigenvalue weighted by molar-refractivity contribution is 6.18. The number of ether oxygens (including phenoxy) is 1. The molecule has 0 bridgehead atoms. The Bertz CT molecular complexity index is 397. The summed E-state index contributed by atoms with van der Waals surface area (Å²) < 4.78 is 5.13. The number of hydrogen-bond acceptors (Lipinski definition) is 3. The Morgan fingerprint density at radius 2 is 2.00 bits per heavy atom. The molecule has 112 valence electrons. The van der Waals surface area contributed by atoms with Crippen molar-refractivity contribution in [2.24, 2.45) is 5.92 Å².